The van der Waals surface area contributed by atoms with E-state index in [9.17, 15) is 26.9 Å². The van der Waals surface area contributed by atoms with Gasteiger partial charge in [-0.05, 0) is 63.8 Å². The minimum Gasteiger partial charge on any atom is -0.334 e. The number of fused-ring (bicyclic) bond motifs is 1. The maximum Gasteiger partial charge on any atom is 0.407 e. The molecule has 0 amide bonds. The zero-order valence-electron chi connectivity index (χ0n) is 18.2. The molecule has 0 spiro atoms. The van der Waals surface area contributed by atoms with Crippen LogP contribution in [0.1, 0.15) is 50.3 Å². The molecule has 0 atom stereocenters. The molecule has 33 heavy (non-hydrogen) atoms. The summed E-state index contributed by atoms with van der Waals surface area (Å²) in [5.41, 5.74) is 0.834. The molecule has 3 aromatic rings. The van der Waals surface area contributed by atoms with E-state index in [2.05, 4.69) is 16.0 Å². The van der Waals surface area contributed by atoms with Crippen LogP contribution in [0.25, 0.3) is 22.4 Å². The molecular formula is C22H22F3N5O2S. The van der Waals surface area contributed by atoms with E-state index in [4.69, 9.17) is 0 Å². The van der Waals surface area contributed by atoms with Crippen LogP contribution >= 0.6 is 0 Å². The number of aromatic nitrogens is 3. The van der Waals surface area contributed by atoms with Gasteiger partial charge in [0.2, 0.25) is 10.0 Å². The standard InChI is InChI=1S/C22H22F3N5O2S/c1-13-9-18-19(28-11-13)16(10-26)20(30(18)14-5-4-6-14)17-8-7-15(12-27-17)33(31,32)29-21(2,3)22(23,24)25/h7-9,11-12,14,29H,4-6H2,1-3H3. The molecule has 0 aliphatic heterocycles. The van der Waals surface area contributed by atoms with Gasteiger partial charge in [0.05, 0.1) is 16.9 Å². The van der Waals surface area contributed by atoms with Crippen LogP contribution in [0.4, 0.5) is 13.2 Å². The van der Waals surface area contributed by atoms with Gasteiger partial charge in [-0.25, -0.2) is 8.42 Å². The van der Waals surface area contributed by atoms with Gasteiger partial charge < -0.3 is 4.57 Å². The minimum absolute atomic E-state index is 0.160. The number of sulfonamides is 1. The van der Waals surface area contributed by atoms with Crippen molar-refractivity contribution in [2.24, 2.45) is 0 Å². The highest BCUT2D eigenvalue weighted by molar-refractivity contribution is 7.89. The number of nitrogens with zero attached hydrogens (tertiary/aromatic N) is 4. The largest absolute Gasteiger partial charge is 0.407 e. The summed E-state index contributed by atoms with van der Waals surface area (Å²) in [6.07, 6.45) is 0.819. The molecule has 1 N–H and O–H groups in total. The van der Waals surface area contributed by atoms with Crippen LogP contribution in [0.15, 0.2) is 35.5 Å². The molecule has 1 aliphatic carbocycles. The zero-order valence-corrected chi connectivity index (χ0v) is 19.0. The van der Waals surface area contributed by atoms with Crippen LogP contribution in [0.3, 0.4) is 0 Å². The van der Waals surface area contributed by atoms with Crippen molar-refractivity contribution in [3.63, 3.8) is 0 Å². The van der Waals surface area contributed by atoms with Crippen molar-refractivity contribution in [3.05, 3.63) is 41.7 Å². The molecule has 0 bridgehead atoms. The monoisotopic (exact) mass is 477 g/mol. The van der Waals surface area contributed by atoms with Crippen LogP contribution in [-0.2, 0) is 10.0 Å². The van der Waals surface area contributed by atoms with Crippen molar-refractivity contribution in [2.75, 3.05) is 0 Å². The van der Waals surface area contributed by atoms with Crippen molar-refractivity contribution in [2.45, 2.75) is 62.7 Å². The third kappa shape index (κ3) is 3.98. The van der Waals surface area contributed by atoms with E-state index >= 15 is 0 Å². The number of aryl methyl sites for hydroxylation is 1. The fraction of sp³-hybridized carbons (Fsp3) is 0.409. The summed E-state index contributed by atoms with van der Waals surface area (Å²) in [7, 11) is -4.48. The zero-order chi connectivity index (χ0) is 24.2. The summed E-state index contributed by atoms with van der Waals surface area (Å²) in [4.78, 5) is 8.27. The average Bonchev–Trinajstić information content (AvgIpc) is 2.98. The van der Waals surface area contributed by atoms with Gasteiger partial charge in [0, 0.05) is 18.4 Å². The summed E-state index contributed by atoms with van der Waals surface area (Å²) in [5, 5.41) is 9.88. The summed E-state index contributed by atoms with van der Waals surface area (Å²) >= 11 is 0. The predicted molar refractivity (Wildman–Crippen MR) is 116 cm³/mol. The highest BCUT2D eigenvalue weighted by atomic mass is 32.2. The van der Waals surface area contributed by atoms with Crippen molar-refractivity contribution >= 4 is 21.1 Å². The maximum atomic E-state index is 13.2. The Bertz CT molecular complexity index is 1370. The van der Waals surface area contributed by atoms with Crippen LogP contribution in [-0.4, -0.2) is 34.7 Å². The Morgan fingerprint density at radius 1 is 1.18 bits per heavy atom. The maximum absolute atomic E-state index is 13.2. The Morgan fingerprint density at radius 3 is 2.39 bits per heavy atom. The van der Waals surface area contributed by atoms with Crippen LogP contribution < -0.4 is 4.72 Å². The molecule has 4 rings (SSSR count). The number of nitriles is 1. The lowest BCUT2D eigenvalue weighted by Gasteiger charge is -2.30. The number of rotatable bonds is 5. The van der Waals surface area contributed by atoms with Crippen molar-refractivity contribution in [1.82, 2.24) is 19.3 Å². The van der Waals surface area contributed by atoms with E-state index in [1.165, 1.54) is 12.1 Å². The van der Waals surface area contributed by atoms with Crippen LogP contribution in [0, 0.1) is 18.3 Å². The number of hydrogen-bond donors (Lipinski definition) is 1. The first-order chi connectivity index (χ1) is 15.4. The summed E-state index contributed by atoms with van der Waals surface area (Å²) in [5.74, 6) is 0. The number of alkyl halides is 3. The van der Waals surface area contributed by atoms with Gasteiger partial charge in [-0.1, -0.05) is 0 Å². The van der Waals surface area contributed by atoms with E-state index in [-0.39, 0.29) is 6.04 Å². The molecule has 1 fully saturated rings. The average molecular weight is 478 g/mol. The van der Waals surface area contributed by atoms with E-state index in [0.29, 0.717) is 22.5 Å². The topological polar surface area (TPSA) is 101 Å². The summed E-state index contributed by atoms with van der Waals surface area (Å²) in [6.45, 7) is 3.40. The Balaban J connectivity index is 1.80. The van der Waals surface area contributed by atoms with Crippen LogP contribution in [0.2, 0.25) is 0 Å². The molecule has 1 aliphatic rings. The molecule has 174 valence electrons. The second-order valence-corrected chi connectivity index (χ2v) is 10.5. The smallest absolute Gasteiger partial charge is 0.334 e. The first kappa shape index (κ1) is 23.2. The van der Waals surface area contributed by atoms with Gasteiger partial charge in [0.25, 0.3) is 0 Å². The molecule has 3 aromatic heterocycles. The first-order valence-electron chi connectivity index (χ1n) is 10.3. The Labute approximate surface area is 189 Å². The number of pyridine rings is 2. The normalized spacial score (nSPS) is 15.4. The fourth-order valence-corrected chi connectivity index (χ4v) is 5.14. The van der Waals surface area contributed by atoms with E-state index in [1.807, 2.05) is 17.6 Å². The minimum atomic E-state index is -4.77. The number of nitrogens with one attached hydrogen (secondary N) is 1. The van der Waals surface area contributed by atoms with Gasteiger partial charge in [0.1, 0.15) is 27.6 Å². The van der Waals surface area contributed by atoms with E-state index in [0.717, 1.165) is 50.4 Å². The Morgan fingerprint density at radius 2 is 1.88 bits per heavy atom. The van der Waals surface area contributed by atoms with Crippen molar-refractivity contribution < 1.29 is 21.6 Å². The Kier molecular flexibility index (Phi) is 5.49. The van der Waals surface area contributed by atoms with E-state index < -0.39 is 26.6 Å². The van der Waals surface area contributed by atoms with E-state index in [1.54, 1.807) is 10.9 Å². The van der Waals surface area contributed by atoms with Gasteiger partial charge in [-0.2, -0.15) is 23.2 Å². The Hall–Kier alpha value is -2.97. The third-order valence-electron chi connectivity index (χ3n) is 5.92. The lowest BCUT2D eigenvalue weighted by molar-refractivity contribution is -0.180. The molecule has 3 heterocycles. The highest BCUT2D eigenvalue weighted by Gasteiger charge is 2.49. The van der Waals surface area contributed by atoms with Crippen molar-refractivity contribution in [3.8, 4) is 17.5 Å². The second kappa shape index (κ2) is 7.81. The SMILES string of the molecule is Cc1cnc2c(C#N)c(-c3ccc(S(=O)(=O)NC(C)(C)C(F)(F)F)cn3)n(C3CCC3)c2c1. The van der Waals surface area contributed by atoms with Crippen LogP contribution in [0.5, 0.6) is 0 Å². The molecule has 0 aromatic carbocycles. The van der Waals surface area contributed by atoms with Gasteiger partial charge in [-0.15, -0.1) is 0 Å². The molecule has 11 heteroatoms. The lowest BCUT2D eigenvalue weighted by Crippen LogP contribution is -2.54. The third-order valence-corrected chi connectivity index (χ3v) is 7.56. The molecule has 0 unspecified atom stereocenters. The molecular weight excluding hydrogens is 455 g/mol. The fourth-order valence-electron chi connectivity index (χ4n) is 3.80. The quantitative estimate of drug-likeness (QED) is 0.578. The second-order valence-electron chi connectivity index (χ2n) is 8.78. The highest BCUT2D eigenvalue weighted by Crippen LogP contribution is 2.41. The van der Waals surface area contributed by atoms with Gasteiger partial charge in [0.15, 0.2) is 0 Å². The molecule has 0 radical (unpaired) electrons. The number of hydrogen-bond acceptors (Lipinski definition) is 5. The summed E-state index contributed by atoms with van der Waals surface area (Å²) in [6, 6.07) is 6.91. The van der Waals surface area contributed by atoms with Gasteiger partial charge >= 0.3 is 6.18 Å². The van der Waals surface area contributed by atoms with Crippen molar-refractivity contribution in [1.29, 1.82) is 5.26 Å². The lowest BCUT2D eigenvalue weighted by atomic mass is 9.92. The van der Waals surface area contributed by atoms with Gasteiger partial charge in [-0.3, -0.25) is 9.97 Å². The predicted octanol–water partition coefficient (Wildman–Crippen LogP) is 4.62. The molecule has 0 saturated heterocycles. The summed E-state index contributed by atoms with van der Waals surface area (Å²) < 4.78 is 68.3. The molecule has 7 nitrogen and oxygen atoms in total. The first-order valence-corrected chi connectivity index (χ1v) is 11.8. The molecule has 1 saturated carbocycles. The number of halogens is 3.